The van der Waals surface area contributed by atoms with E-state index in [4.69, 9.17) is 9.72 Å². The number of ether oxygens (including phenoxy) is 1. The summed E-state index contributed by atoms with van der Waals surface area (Å²) in [7, 11) is 0. The lowest BCUT2D eigenvalue weighted by Crippen LogP contribution is -2.25. The molecule has 1 aliphatic heterocycles. The average molecular weight is 431 g/mol. The molecule has 1 aromatic heterocycles. The molecule has 0 fully saturated rings. The topological polar surface area (TPSA) is 25.4 Å². The molecule has 5 rings (SSSR count). The van der Waals surface area contributed by atoms with E-state index in [1.807, 2.05) is 36.4 Å². The number of hydrogen-bond acceptors (Lipinski definition) is 3. The van der Waals surface area contributed by atoms with Gasteiger partial charge in [-0.15, -0.1) is 12.4 Å². The van der Waals surface area contributed by atoms with Crippen molar-refractivity contribution >= 4 is 29.0 Å². The first-order chi connectivity index (χ1) is 14.7. The Bertz CT molecular complexity index is 1180. The summed E-state index contributed by atoms with van der Waals surface area (Å²) in [5.74, 6) is 2.16. The highest BCUT2D eigenvalue weighted by atomic mass is 35.5. The van der Waals surface area contributed by atoms with Crippen molar-refractivity contribution in [3.05, 3.63) is 95.7 Å². The van der Waals surface area contributed by atoms with E-state index in [-0.39, 0.29) is 12.4 Å². The molecule has 1 unspecified atom stereocenters. The first-order valence-electron chi connectivity index (χ1n) is 10.6. The van der Waals surface area contributed by atoms with Gasteiger partial charge in [0, 0.05) is 24.2 Å². The largest absolute Gasteiger partial charge is 0.457 e. The summed E-state index contributed by atoms with van der Waals surface area (Å²) in [5.41, 5.74) is 6.27. The zero-order valence-electron chi connectivity index (χ0n) is 17.9. The summed E-state index contributed by atoms with van der Waals surface area (Å²) >= 11 is 0. The van der Waals surface area contributed by atoms with Crippen molar-refractivity contribution in [2.75, 3.05) is 18.0 Å². The summed E-state index contributed by atoms with van der Waals surface area (Å²) in [6.07, 6.45) is 1.05. The summed E-state index contributed by atoms with van der Waals surface area (Å²) in [4.78, 5) is 7.42. The van der Waals surface area contributed by atoms with Crippen LogP contribution in [-0.2, 0) is 6.42 Å². The fraction of sp³-hybridized carbons (Fsp3) is 0.222. The number of aromatic nitrogens is 1. The molecule has 0 spiro atoms. The predicted molar refractivity (Wildman–Crippen MR) is 131 cm³/mol. The molecule has 1 aliphatic rings. The van der Waals surface area contributed by atoms with Crippen molar-refractivity contribution in [3.63, 3.8) is 0 Å². The molecule has 4 aromatic rings. The molecule has 0 radical (unpaired) electrons. The van der Waals surface area contributed by atoms with Gasteiger partial charge in [-0.3, -0.25) is 4.98 Å². The van der Waals surface area contributed by atoms with Crippen LogP contribution < -0.4 is 9.64 Å². The second-order valence-electron chi connectivity index (χ2n) is 8.13. The molecule has 3 nitrogen and oxygen atoms in total. The Morgan fingerprint density at radius 2 is 1.65 bits per heavy atom. The highest BCUT2D eigenvalue weighted by Gasteiger charge is 2.26. The van der Waals surface area contributed by atoms with Gasteiger partial charge in [-0.1, -0.05) is 55.5 Å². The van der Waals surface area contributed by atoms with E-state index in [0.29, 0.717) is 5.92 Å². The zero-order chi connectivity index (χ0) is 20.5. The smallest absolute Gasteiger partial charge is 0.128 e. The van der Waals surface area contributed by atoms with Gasteiger partial charge in [0.25, 0.3) is 0 Å². The van der Waals surface area contributed by atoms with Crippen LogP contribution >= 0.6 is 12.4 Å². The van der Waals surface area contributed by atoms with Crippen LogP contribution in [0, 0.1) is 6.92 Å². The lowest BCUT2D eigenvalue weighted by atomic mass is 10.0. The van der Waals surface area contributed by atoms with Crippen molar-refractivity contribution in [1.29, 1.82) is 0 Å². The second kappa shape index (κ2) is 8.99. The molecule has 0 amide bonds. The van der Waals surface area contributed by atoms with Crippen LogP contribution in [0.5, 0.6) is 11.5 Å². The summed E-state index contributed by atoms with van der Waals surface area (Å²) in [6, 6.07) is 27.0. The van der Waals surface area contributed by atoms with Crippen molar-refractivity contribution < 1.29 is 4.74 Å². The quantitative estimate of drug-likeness (QED) is 0.343. The standard InChI is InChI=1S/C27H26N2O.ClH/c1-19(21-9-5-3-6-10-21)18-29-16-15-24-20(2)28-26-14-13-23(17-25(26)27(24)29)30-22-11-7-4-8-12-22;/h3-14,17,19H,15-16,18H2,1-2H3;1H. The number of anilines is 1. The maximum Gasteiger partial charge on any atom is 0.128 e. The van der Waals surface area contributed by atoms with Crippen molar-refractivity contribution in [2.24, 2.45) is 0 Å². The van der Waals surface area contributed by atoms with Gasteiger partial charge in [0.05, 0.1) is 11.2 Å². The van der Waals surface area contributed by atoms with Crippen LogP contribution in [-0.4, -0.2) is 18.1 Å². The van der Waals surface area contributed by atoms with Gasteiger partial charge in [0.1, 0.15) is 11.5 Å². The van der Waals surface area contributed by atoms with E-state index in [9.17, 15) is 0 Å². The van der Waals surface area contributed by atoms with Crippen LogP contribution in [0.1, 0.15) is 29.7 Å². The summed E-state index contributed by atoms with van der Waals surface area (Å²) in [5, 5.41) is 1.18. The maximum atomic E-state index is 6.12. The molecular formula is C27H27ClN2O. The molecule has 0 N–H and O–H groups in total. The Labute approximate surface area is 190 Å². The number of aryl methyl sites for hydroxylation is 1. The fourth-order valence-corrected chi connectivity index (χ4v) is 4.49. The first-order valence-corrected chi connectivity index (χ1v) is 10.6. The number of pyridine rings is 1. The SMILES string of the molecule is Cc1nc2ccc(Oc3ccccc3)cc2c2c1CCN2CC(C)c1ccccc1.Cl. The molecule has 0 aliphatic carbocycles. The average Bonchev–Trinajstić information content (AvgIpc) is 3.20. The normalized spacial score (nSPS) is 13.5. The lowest BCUT2D eigenvalue weighted by molar-refractivity contribution is 0.483. The van der Waals surface area contributed by atoms with E-state index in [2.05, 4.69) is 61.2 Å². The molecule has 31 heavy (non-hydrogen) atoms. The Hall–Kier alpha value is -3.04. The number of nitrogens with zero attached hydrogens (tertiary/aromatic N) is 2. The minimum Gasteiger partial charge on any atom is -0.457 e. The molecule has 2 heterocycles. The van der Waals surface area contributed by atoms with Crippen LogP contribution in [0.2, 0.25) is 0 Å². The van der Waals surface area contributed by atoms with Gasteiger partial charge < -0.3 is 9.64 Å². The van der Waals surface area contributed by atoms with Crippen molar-refractivity contribution in [2.45, 2.75) is 26.2 Å². The van der Waals surface area contributed by atoms with Crippen molar-refractivity contribution in [1.82, 2.24) is 4.98 Å². The van der Waals surface area contributed by atoms with Gasteiger partial charge in [0.15, 0.2) is 0 Å². The third-order valence-electron chi connectivity index (χ3n) is 6.02. The third kappa shape index (κ3) is 4.24. The Morgan fingerprint density at radius 3 is 2.39 bits per heavy atom. The van der Waals surface area contributed by atoms with E-state index < -0.39 is 0 Å². The molecule has 4 heteroatoms. The maximum absolute atomic E-state index is 6.12. The van der Waals surface area contributed by atoms with Gasteiger partial charge >= 0.3 is 0 Å². The predicted octanol–water partition coefficient (Wildman–Crippen LogP) is 6.92. The van der Waals surface area contributed by atoms with Gasteiger partial charge in [0.2, 0.25) is 0 Å². The molecule has 158 valence electrons. The minimum atomic E-state index is 0. The van der Waals surface area contributed by atoms with Gasteiger partial charge in [-0.05, 0) is 60.7 Å². The van der Waals surface area contributed by atoms with E-state index in [0.717, 1.165) is 42.2 Å². The Morgan fingerprint density at radius 1 is 0.935 bits per heavy atom. The number of para-hydroxylation sites is 1. The van der Waals surface area contributed by atoms with Gasteiger partial charge in [-0.2, -0.15) is 0 Å². The molecule has 0 saturated heterocycles. The van der Waals surface area contributed by atoms with Crippen molar-refractivity contribution in [3.8, 4) is 11.5 Å². The van der Waals surface area contributed by atoms with Crippen LogP contribution in [0.15, 0.2) is 78.9 Å². The van der Waals surface area contributed by atoms with Crippen LogP contribution in [0.25, 0.3) is 10.9 Å². The third-order valence-corrected chi connectivity index (χ3v) is 6.02. The number of rotatable bonds is 5. The lowest BCUT2D eigenvalue weighted by Gasteiger charge is -2.25. The van der Waals surface area contributed by atoms with Crippen LogP contribution in [0.3, 0.4) is 0 Å². The molecular weight excluding hydrogens is 404 g/mol. The highest BCUT2D eigenvalue weighted by molar-refractivity contribution is 5.96. The minimum absolute atomic E-state index is 0. The first kappa shape index (κ1) is 21.2. The number of fused-ring (bicyclic) bond motifs is 3. The zero-order valence-corrected chi connectivity index (χ0v) is 18.7. The van der Waals surface area contributed by atoms with E-state index in [1.54, 1.807) is 0 Å². The Balaban J connectivity index is 0.00000231. The number of halogens is 1. The molecule has 0 bridgehead atoms. The molecule has 3 aromatic carbocycles. The van der Waals surface area contributed by atoms with E-state index in [1.165, 1.54) is 22.2 Å². The van der Waals surface area contributed by atoms with Crippen LogP contribution in [0.4, 0.5) is 5.69 Å². The summed E-state index contributed by atoms with van der Waals surface area (Å²) < 4.78 is 6.12. The van der Waals surface area contributed by atoms with E-state index >= 15 is 0 Å². The van der Waals surface area contributed by atoms with Gasteiger partial charge in [-0.25, -0.2) is 0 Å². The Kier molecular flexibility index (Phi) is 6.15. The fourth-order valence-electron chi connectivity index (χ4n) is 4.49. The molecule has 1 atom stereocenters. The monoisotopic (exact) mass is 430 g/mol. The number of benzene rings is 3. The summed E-state index contributed by atoms with van der Waals surface area (Å²) in [6.45, 7) is 6.49. The number of hydrogen-bond donors (Lipinski definition) is 0. The molecule has 0 saturated carbocycles. The second-order valence-corrected chi connectivity index (χ2v) is 8.13. The highest BCUT2D eigenvalue weighted by Crippen LogP contribution is 2.39.